The summed E-state index contributed by atoms with van der Waals surface area (Å²) >= 11 is 0. The fourth-order valence-electron chi connectivity index (χ4n) is 4.97. The highest BCUT2D eigenvalue weighted by molar-refractivity contribution is 6.02. The number of nitrogen functional groups attached to an aromatic ring is 1. The van der Waals surface area contributed by atoms with Crippen LogP contribution >= 0.6 is 0 Å². The van der Waals surface area contributed by atoms with Crippen molar-refractivity contribution in [3.05, 3.63) is 160 Å². The summed E-state index contributed by atoms with van der Waals surface area (Å²) in [6, 6.07) is 39.0. The smallest absolute Gasteiger partial charge is 0.248 e. The van der Waals surface area contributed by atoms with Crippen molar-refractivity contribution < 1.29 is 14.3 Å². The molecule has 0 aliphatic carbocycles. The number of anilines is 2. The number of nitrogens with one attached hydrogen (secondary N) is 1. The number of hydrogen-bond acceptors (Lipinski definition) is 4. The zero-order chi connectivity index (χ0) is 32.7. The molecule has 5 aromatic rings. The van der Waals surface area contributed by atoms with E-state index in [9.17, 15) is 4.79 Å². The van der Waals surface area contributed by atoms with Gasteiger partial charge in [0.2, 0.25) is 5.91 Å². The molecule has 0 aromatic heterocycles. The maximum Gasteiger partial charge on any atom is 0.248 e. The highest BCUT2D eigenvalue weighted by atomic mass is 16.5. The Bertz CT molecular complexity index is 1730. The summed E-state index contributed by atoms with van der Waals surface area (Å²) in [5.74, 6) is 1.11. The first-order chi connectivity index (χ1) is 22.3. The molecule has 5 nitrogen and oxygen atoms in total. The number of aryl methyl sites for hydroxylation is 6. The number of nitrogens with two attached hydrogens (primary N) is 1. The van der Waals surface area contributed by atoms with Crippen LogP contribution in [0.25, 0.3) is 6.08 Å². The molecule has 0 unspecified atom stereocenters. The van der Waals surface area contributed by atoms with Crippen molar-refractivity contribution >= 4 is 23.4 Å². The number of rotatable bonds is 11. The molecule has 5 heteroatoms. The molecule has 0 bridgehead atoms. The van der Waals surface area contributed by atoms with Crippen LogP contribution in [0.5, 0.6) is 11.5 Å². The summed E-state index contributed by atoms with van der Waals surface area (Å²) in [5.41, 5.74) is 15.9. The Balaban J connectivity index is 0.000000252. The second kappa shape index (κ2) is 17.3. The first-order valence-corrected chi connectivity index (χ1v) is 15.6. The van der Waals surface area contributed by atoms with Crippen LogP contribution < -0.4 is 20.5 Å². The van der Waals surface area contributed by atoms with Gasteiger partial charge in [0, 0.05) is 17.5 Å². The fourth-order valence-corrected chi connectivity index (χ4v) is 4.97. The molecule has 0 fully saturated rings. The lowest BCUT2D eigenvalue weighted by atomic mass is 10.0. The second-order valence-electron chi connectivity index (χ2n) is 11.2. The van der Waals surface area contributed by atoms with Crippen LogP contribution in [0.15, 0.2) is 121 Å². The predicted octanol–water partition coefficient (Wildman–Crippen LogP) is 8.81. The number of hydrogen-bond donors (Lipinski definition) is 2. The minimum atomic E-state index is -0.173. The number of methoxy groups -OCH3 is 2. The van der Waals surface area contributed by atoms with Crippen molar-refractivity contribution in [2.24, 2.45) is 0 Å². The van der Waals surface area contributed by atoms with Crippen molar-refractivity contribution in [1.82, 2.24) is 0 Å². The van der Waals surface area contributed by atoms with E-state index in [2.05, 4.69) is 84.2 Å². The predicted molar refractivity (Wildman–Crippen MR) is 192 cm³/mol. The molecule has 5 aromatic carbocycles. The summed E-state index contributed by atoms with van der Waals surface area (Å²) in [6.07, 6.45) is 7.30. The molecule has 0 saturated heterocycles. The highest BCUT2D eigenvalue weighted by Crippen LogP contribution is 2.28. The van der Waals surface area contributed by atoms with Gasteiger partial charge in [0.15, 0.2) is 11.5 Å². The van der Waals surface area contributed by atoms with Gasteiger partial charge in [-0.3, -0.25) is 4.79 Å². The van der Waals surface area contributed by atoms with Gasteiger partial charge in [0.25, 0.3) is 0 Å². The van der Waals surface area contributed by atoms with E-state index < -0.39 is 0 Å². The number of amides is 1. The average molecular weight is 613 g/mol. The normalized spacial score (nSPS) is 10.6. The van der Waals surface area contributed by atoms with E-state index in [1.807, 2.05) is 50.2 Å². The Morgan fingerprint density at radius 2 is 1.17 bits per heavy atom. The standard InChI is InChI=1S/C26H27NO3.C15H17N/c1-19-9-10-21(12-11-20-7-5-4-6-8-20)17-23(19)27-26(28)16-14-22-13-15-24(29-2)25(18-22)30-3;1-12-7-8-14(11-15(12)16)10-9-13-5-3-2-4-6-13/h4-10,13-18H,11-12H2,1-3H3,(H,27,28);2-8,11H,9-10,16H2,1H3/b16-14+;. The monoisotopic (exact) mass is 612 g/mol. The van der Waals surface area contributed by atoms with E-state index in [1.54, 1.807) is 20.3 Å². The van der Waals surface area contributed by atoms with Crippen LogP contribution in [0.2, 0.25) is 0 Å². The lowest BCUT2D eigenvalue weighted by molar-refractivity contribution is -0.111. The molecular weight excluding hydrogens is 568 g/mol. The molecule has 1 amide bonds. The van der Waals surface area contributed by atoms with Crippen LogP contribution in [0.1, 0.15) is 38.9 Å². The average Bonchev–Trinajstić information content (AvgIpc) is 3.09. The fraction of sp³-hybridized carbons (Fsp3) is 0.195. The summed E-state index contributed by atoms with van der Waals surface area (Å²) in [6.45, 7) is 4.03. The molecule has 5 rings (SSSR count). The van der Waals surface area contributed by atoms with Crippen molar-refractivity contribution in [3.8, 4) is 11.5 Å². The van der Waals surface area contributed by atoms with Crippen molar-refractivity contribution in [2.45, 2.75) is 39.5 Å². The van der Waals surface area contributed by atoms with Crippen LogP contribution in [0.4, 0.5) is 11.4 Å². The first kappa shape index (κ1) is 33.6. The molecule has 0 atom stereocenters. The van der Waals surface area contributed by atoms with Crippen molar-refractivity contribution in [1.29, 1.82) is 0 Å². The largest absolute Gasteiger partial charge is 0.493 e. The molecule has 46 heavy (non-hydrogen) atoms. The van der Waals surface area contributed by atoms with Crippen molar-refractivity contribution in [3.63, 3.8) is 0 Å². The van der Waals surface area contributed by atoms with E-state index >= 15 is 0 Å². The molecular formula is C41H44N2O3. The van der Waals surface area contributed by atoms with Gasteiger partial charge in [0.1, 0.15) is 0 Å². The van der Waals surface area contributed by atoms with Crippen LogP contribution in [-0.4, -0.2) is 20.1 Å². The SMILES string of the molecule is COc1ccc(/C=C/C(=O)Nc2cc(CCc3ccccc3)ccc2C)cc1OC.Cc1ccc(CCc2ccccc2)cc1N. The van der Waals surface area contributed by atoms with Gasteiger partial charge in [-0.1, -0.05) is 91.0 Å². The van der Waals surface area contributed by atoms with Gasteiger partial charge in [-0.05, 0) is 109 Å². The van der Waals surface area contributed by atoms with Crippen LogP contribution in [-0.2, 0) is 30.5 Å². The number of benzene rings is 5. The van der Waals surface area contributed by atoms with Gasteiger partial charge < -0.3 is 20.5 Å². The van der Waals surface area contributed by atoms with E-state index in [0.29, 0.717) is 11.5 Å². The van der Waals surface area contributed by atoms with Crippen molar-refractivity contribution in [2.75, 3.05) is 25.3 Å². The van der Waals surface area contributed by atoms with E-state index in [-0.39, 0.29) is 5.91 Å². The zero-order valence-corrected chi connectivity index (χ0v) is 27.3. The molecule has 0 aliphatic rings. The minimum Gasteiger partial charge on any atom is -0.493 e. The third-order valence-electron chi connectivity index (χ3n) is 7.83. The van der Waals surface area contributed by atoms with Gasteiger partial charge in [-0.15, -0.1) is 0 Å². The third-order valence-corrected chi connectivity index (χ3v) is 7.83. The molecule has 0 spiro atoms. The van der Waals surface area contributed by atoms with Gasteiger partial charge >= 0.3 is 0 Å². The lowest BCUT2D eigenvalue weighted by Crippen LogP contribution is -2.09. The minimum absolute atomic E-state index is 0.173. The molecule has 0 heterocycles. The maximum atomic E-state index is 12.5. The van der Waals surface area contributed by atoms with Crippen LogP contribution in [0, 0.1) is 13.8 Å². The summed E-state index contributed by atoms with van der Waals surface area (Å²) in [4.78, 5) is 12.5. The number of carbonyl (C=O) groups is 1. The van der Waals surface area contributed by atoms with E-state index in [0.717, 1.165) is 53.7 Å². The van der Waals surface area contributed by atoms with Gasteiger partial charge in [-0.2, -0.15) is 0 Å². The summed E-state index contributed by atoms with van der Waals surface area (Å²) in [7, 11) is 3.18. The Hall–Kier alpha value is -5.29. The summed E-state index contributed by atoms with van der Waals surface area (Å²) in [5, 5.41) is 2.99. The number of carbonyl (C=O) groups excluding carboxylic acids is 1. The second-order valence-corrected chi connectivity index (χ2v) is 11.2. The highest BCUT2D eigenvalue weighted by Gasteiger charge is 2.06. The van der Waals surface area contributed by atoms with Crippen LogP contribution in [0.3, 0.4) is 0 Å². The molecule has 0 radical (unpaired) electrons. The first-order valence-electron chi connectivity index (χ1n) is 15.6. The van der Waals surface area contributed by atoms with E-state index in [4.69, 9.17) is 15.2 Å². The quantitative estimate of drug-likeness (QED) is 0.115. The summed E-state index contributed by atoms with van der Waals surface area (Å²) < 4.78 is 10.5. The van der Waals surface area contributed by atoms with E-state index in [1.165, 1.54) is 28.3 Å². The molecule has 0 aliphatic heterocycles. The topological polar surface area (TPSA) is 73.6 Å². The number of ether oxygens (including phenoxy) is 2. The maximum absolute atomic E-state index is 12.5. The van der Waals surface area contributed by atoms with Gasteiger partial charge in [0.05, 0.1) is 14.2 Å². The molecule has 236 valence electrons. The Labute approximate surface area is 273 Å². The molecule has 0 saturated carbocycles. The van der Waals surface area contributed by atoms with Gasteiger partial charge in [-0.25, -0.2) is 0 Å². The third kappa shape index (κ3) is 10.4. The Morgan fingerprint density at radius 3 is 1.74 bits per heavy atom. The lowest BCUT2D eigenvalue weighted by Gasteiger charge is -2.10. The Kier molecular flexibility index (Phi) is 12.6. The zero-order valence-electron chi connectivity index (χ0n) is 27.3. The Morgan fingerprint density at radius 1 is 0.630 bits per heavy atom. The molecule has 3 N–H and O–H groups in total.